The first-order valence-electron chi connectivity index (χ1n) is 6.89. The van der Waals surface area contributed by atoms with E-state index in [4.69, 9.17) is 0 Å². The smallest absolute Gasteiger partial charge is 0.0961 e. The summed E-state index contributed by atoms with van der Waals surface area (Å²) in [6.07, 6.45) is 3.88. The maximum Gasteiger partial charge on any atom is 0.0961 e. The molecule has 3 heteroatoms. The minimum atomic E-state index is -0.536. The van der Waals surface area contributed by atoms with Crippen LogP contribution in [0.5, 0.6) is 0 Å². The third kappa shape index (κ3) is 2.58. The summed E-state index contributed by atoms with van der Waals surface area (Å²) in [6, 6.07) is 10.2. The Balaban J connectivity index is 1.79. The second-order valence-electron chi connectivity index (χ2n) is 5.57. The van der Waals surface area contributed by atoms with Gasteiger partial charge in [0.25, 0.3) is 0 Å². The second kappa shape index (κ2) is 5.06. The van der Waals surface area contributed by atoms with Crippen molar-refractivity contribution in [2.24, 2.45) is 5.92 Å². The molecule has 2 aromatic rings. The highest BCUT2D eigenvalue weighted by atomic mass is 32.1. The first-order valence-corrected chi connectivity index (χ1v) is 7.77. The summed E-state index contributed by atoms with van der Waals surface area (Å²) in [4.78, 5) is 4.68. The topological polar surface area (TPSA) is 33.1 Å². The SMILES string of the molecule is CC1CCCC1(O)Cc1nc(-c2ccccc2)cs1. The van der Waals surface area contributed by atoms with Crippen molar-refractivity contribution >= 4 is 11.3 Å². The molecule has 0 amide bonds. The van der Waals surface area contributed by atoms with E-state index in [2.05, 4.69) is 29.4 Å². The van der Waals surface area contributed by atoms with Gasteiger partial charge in [-0.15, -0.1) is 11.3 Å². The fourth-order valence-electron chi connectivity index (χ4n) is 2.89. The molecule has 0 aliphatic heterocycles. The standard InChI is InChI=1S/C16H19NOS/c1-12-6-5-9-16(12,18)10-15-17-14(11-19-15)13-7-3-2-4-8-13/h2-4,7-8,11-12,18H,5-6,9-10H2,1H3. The molecule has 19 heavy (non-hydrogen) atoms. The van der Waals surface area contributed by atoms with Gasteiger partial charge in [0.2, 0.25) is 0 Å². The Labute approximate surface area is 118 Å². The van der Waals surface area contributed by atoms with Crippen molar-refractivity contribution in [3.63, 3.8) is 0 Å². The van der Waals surface area contributed by atoms with Gasteiger partial charge in [0, 0.05) is 17.4 Å². The van der Waals surface area contributed by atoms with Gasteiger partial charge in [-0.25, -0.2) is 4.98 Å². The summed E-state index contributed by atoms with van der Waals surface area (Å²) in [5, 5.41) is 13.8. The number of hydrogen-bond donors (Lipinski definition) is 1. The summed E-state index contributed by atoms with van der Waals surface area (Å²) in [6.45, 7) is 2.15. The summed E-state index contributed by atoms with van der Waals surface area (Å²) in [5.41, 5.74) is 1.64. The molecule has 1 aliphatic rings. The second-order valence-corrected chi connectivity index (χ2v) is 6.51. The Morgan fingerprint density at radius 2 is 2.16 bits per heavy atom. The molecule has 1 aromatic heterocycles. The van der Waals surface area contributed by atoms with Crippen LogP contribution in [0, 0.1) is 5.92 Å². The number of hydrogen-bond acceptors (Lipinski definition) is 3. The van der Waals surface area contributed by atoms with Gasteiger partial charge in [-0.3, -0.25) is 0 Å². The fraction of sp³-hybridized carbons (Fsp3) is 0.438. The largest absolute Gasteiger partial charge is 0.389 e. The van der Waals surface area contributed by atoms with Crippen LogP contribution in [0.3, 0.4) is 0 Å². The molecule has 2 atom stereocenters. The van der Waals surface area contributed by atoms with Gasteiger partial charge in [-0.05, 0) is 18.8 Å². The maximum atomic E-state index is 10.7. The highest BCUT2D eigenvalue weighted by molar-refractivity contribution is 7.09. The number of aromatic nitrogens is 1. The van der Waals surface area contributed by atoms with E-state index < -0.39 is 5.60 Å². The lowest BCUT2D eigenvalue weighted by atomic mass is 9.89. The molecule has 1 saturated carbocycles. The molecular formula is C16H19NOS. The molecule has 3 rings (SSSR count). The normalized spacial score (nSPS) is 26.7. The Morgan fingerprint density at radius 1 is 1.37 bits per heavy atom. The Kier molecular flexibility index (Phi) is 3.42. The lowest BCUT2D eigenvalue weighted by Gasteiger charge is -2.26. The zero-order chi connectivity index (χ0) is 13.3. The number of benzene rings is 1. The van der Waals surface area contributed by atoms with E-state index >= 15 is 0 Å². The van der Waals surface area contributed by atoms with E-state index in [9.17, 15) is 5.11 Å². The van der Waals surface area contributed by atoms with Gasteiger partial charge >= 0.3 is 0 Å². The molecule has 1 N–H and O–H groups in total. The van der Waals surface area contributed by atoms with Crippen molar-refractivity contribution in [1.82, 2.24) is 4.98 Å². The third-order valence-electron chi connectivity index (χ3n) is 4.24. The van der Waals surface area contributed by atoms with Crippen molar-refractivity contribution < 1.29 is 5.11 Å². The fourth-order valence-corrected chi connectivity index (χ4v) is 3.81. The Bertz CT molecular complexity index is 551. The predicted octanol–water partition coefficient (Wildman–Crippen LogP) is 3.90. The molecule has 1 fully saturated rings. The number of thiazole rings is 1. The van der Waals surface area contributed by atoms with E-state index in [1.54, 1.807) is 11.3 Å². The lowest BCUT2D eigenvalue weighted by Crippen LogP contribution is -2.33. The molecule has 100 valence electrons. The molecule has 0 spiro atoms. The number of aliphatic hydroxyl groups is 1. The molecule has 2 unspecified atom stereocenters. The van der Waals surface area contributed by atoms with Crippen molar-refractivity contribution in [1.29, 1.82) is 0 Å². The van der Waals surface area contributed by atoms with Crippen LogP contribution in [0.15, 0.2) is 35.7 Å². The molecule has 1 aromatic carbocycles. The average molecular weight is 273 g/mol. The van der Waals surface area contributed by atoms with Gasteiger partial charge in [-0.2, -0.15) is 0 Å². The van der Waals surface area contributed by atoms with Gasteiger partial charge in [0.15, 0.2) is 0 Å². The molecular weight excluding hydrogens is 254 g/mol. The molecule has 0 saturated heterocycles. The quantitative estimate of drug-likeness (QED) is 0.920. The van der Waals surface area contributed by atoms with Crippen LogP contribution >= 0.6 is 11.3 Å². The minimum Gasteiger partial charge on any atom is -0.389 e. The van der Waals surface area contributed by atoms with Crippen LogP contribution in [0.1, 0.15) is 31.2 Å². The summed E-state index contributed by atoms with van der Waals surface area (Å²) in [7, 11) is 0. The number of nitrogens with zero attached hydrogens (tertiary/aromatic N) is 1. The predicted molar refractivity (Wildman–Crippen MR) is 79.2 cm³/mol. The summed E-state index contributed by atoms with van der Waals surface area (Å²) < 4.78 is 0. The monoisotopic (exact) mass is 273 g/mol. The zero-order valence-electron chi connectivity index (χ0n) is 11.2. The zero-order valence-corrected chi connectivity index (χ0v) is 12.0. The van der Waals surface area contributed by atoms with E-state index in [0.717, 1.165) is 35.5 Å². The van der Waals surface area contributed by atoms with E-state index in [1.807, 2.05) is 18.2 Å². The first-order chi connectivity index (χ1) is 9.17. The van der Waals surface area contributed by atoms with Crippen LogP contribution in [0.4, 0.5) is 0 Å². The van der Waals surface area contributed by atoms with Crippen LogP contribution in [-0.4, -0.2) is 15.7 Å². The molecule has 1 heterocycles. The van der Waals surface area contributed by atoms with Crippen molar-refractivity contribution in [2.75, 3.05) is 0 Å². The van der Waals surface area contributed by atoms with Gasteiger partial charge in [0.1, 0.15) is 0 Å². The average Bonchev–Trinajstić information content (AvgIpc) is 2.99. The van der Waals surface area contributed by atoms with Crippen molar-refractivity contribution in [3.8, 4) is 11.3 Å². The van der Waals surface area contributed by atoms with Crippen molar-refractivity contribution in [2.45, 2.75) is 38.2 Å². The van der Waals surface area contributed by atoms with Crippen LogP contribution in [0.25, 0.3) is 11.3 Å². The van der Waals surface area contributed by atoms with Crippen LogP contribution in [-0.2, 0) is 6.42 Å². The highest BCUT2D eigenvalue weighted by Crippen LogP contribution is 2.38. The minimum absolute atomic E-state index is 0.386. The maximum absolute atomic E-state index is 10.7. The van der Waals surface area contributed by atoms with Crippen LogP contribution < -0.4 is 0 Å². The van der Waals surface area contributed by atoms with E-state index in [0.29, 0.717) is 12.3 Å². The summed E-state index contributed by atoms with van der Waals surface area (Å²) in [5.74, 6) is 0.386. The molecule has 1 aliphatic carbocycles. The Hall–Kier alpha value is -1.19. The third-order valence-corrected chi connectivity index (χ3v) is 5.09. The van der Waals surface area contributed by atoms with Crippen LogP contribution in [0.2, 0.25) is 0 Å². The van der Waals surface area contributed by atoms with E-state index in [1.165, 1.54) is 0 Å². The highest BCUT2D eigenvalue weighted by Gasteiger charge is 2.38. The number of rotatable bonds is 3. The van der Waals surface area contributed by atoms with Gasteiger partial charge in [-0.1, -0.05) is 43.7 Å². The summed E-state index contributed by atoms with van der Waals surface area (Å²) >= 11 is 1.66. The molecule has 2 nitrogen and oxygen atoms in total. The molecule has 0 radical (unpaired) electrons. The Morgan fingerprint density at radius 3 is 2.84 bits per heavy atom. The first kappa shape index (κ1) is 12.8. The molecule has 0 bridgehead atoms. The van der Waals surface area contributed by atoms with Crippen molar-refractivity contribution in [3.05, 3.63) is 40.7 Å². The van der Waals surface area contributed by atoms with Gasteiger partial charge < -0.3 is 5.11 Å². The lowest BCUT2D eigenvalue weighted by molar-refractivity contribution is 0.00957. The van der Waals surface area contributed by atoms with E-state index in [-0.39, 0.29) is 0 Å². The van der Waals surface area contributed by atoms with Gasteiger partial charge in [0.05, 0.1) is 16.3 Å².